The highest BCUT2D eigenvalue weighted by Gasteiger charge is 2.10. The zero-order valence-electron chi connectivity index (χ0n) is 13.7. The van der Waals surface area contributed by atoms with Gasteiger partial charge in [-0.15, -0.1) is 0 Å². The van der Waals surface area contributed by atoms with Crippen molar-refractivity contribution in [3.8, 4) is 5.75 Å². The van der Waals surface area contributed by atoms with Crippen molar-refractivity contribution in [2.75, 3.05) is 13.7 Å². The highest BCUT2D eigenvalue weighted by atomic mass is 19.1. The summed E-state index contributed by atoms with van der Waals surface area (Å²) in [6, 6.07) is 11.1. The molecule has 0 amide bonds. The Hall–Kier alpha value is -2.69. The Labute approximate surface area is 140 Å². The predicted molar refractivity (Wildman–Crippen MR) is 87.8 cm³/mol. The van der Waals surface area contributed by atoms with Gasteiger partial charge in [-0.05, 0) is 42.3 Å². The van der Waals surface area contributed by atoms with E-state index < -0.39 is 5.82 Å². The molecule has 0 bridgehead atoms. The average Bonchev–Trinajstić information content (AvgIpc) is 2.57. The minimum absolute atomic E-state index is 0.00690. The van der Waals surface area contributed by atoms with Crippen molar-refractivity contribution in [3.05, 3.63) is 65.0 Å². The third-order valence-corrected chi connectivity index (χ3v) is 3.48. The van der Waals surface area contributed by atoms with Crippen LogP contribution >= 0.6 is 0 Å². The maximum atomic E-state index is 13.4. The second-order valence-electron chi connectivity index (χ2n) is 5.28. The van der Waals surface area contributed by atoms with E-state index in [1.54, 1.807) is 37.3 Å². The standard InChI is InChI=1S/C19H19FO4/c1-3-24-19(22)15-7-4-13(5-8-15)10-16(21)11-14-6-9-17(20)18(12-14)23-2/h4-9,12H,3,10-11H2,1-2H3. The summed E-state index contributed by atoms with van der Waals surface area (Å²) in [5.74, 6) is -0.719. The SMILES string of the molecule is CCOC(=O)c1ccc(CC(=O)Cc2ccc(F)c(OC)c2)cc1. The van der Waals surface area contributed by atoms with Gasteiger partial charge in [0.15, 0.2) is 11.6 Å². The second kappa shape index (κ2) is 8.24. The van der Waals surface area contributed by atoms with Crippen LogP contribution in [0.3, 0.4) is 0 Å². The van der Waals surface area contributed by atoms with Crippen LogP contribution in [0.4, 0.5) is 4.39 Å². The topological polar surface area (TPSA) is 52.6 Å². The van der Waals surface area contributed by atoms with Gasteiger partial charge in [0.1, 0.15) is 5.78 Å². The number of rotatable bonds is 7. The normalized spacial score (nSPS) is 10.3. The molecule has 0 heterocycles. The first kappa shape index (κ1) is 17.7. The van der Waals surface area contributed by atoms with Crippen molar-refractivity contribution in [2.24, 2.45) is 0 Å². The molecule has 0 aliphatic heterocycles. The maximum Gasteiger partial charge on any atom is 0.338 e. The van der Waals surface area contributed by atoms with E-state index in [4.69, 9.17) is 9.47 Å². The number of carbonyl (C=O) groups excluding carboxylic acids is 2. The van der Waals surface area contributed by atoms with Gasteiger partial charge in [0, 0.05) is 12.8 Å². The summed E-state index contributed by atoms with van der Waals surface area (Å²) in [6.45, 7) is 2.07. The number of esters is 1. The maximum absolute atomic E-state index is 13.4. The molecule has 0 saturated carbocycles. The molecule has 5 heteroatoms. The fourth-order valence-electron chi connectivity index (χ4n) is 2.31. The number of halogens is 1. The first-order chi connectivity index (χ1) is 11.5. The first-order valence-corrected chi connectivity index (χ1v) is 7.63. The van der Waals surface area contributed by atoms with Gasteiger partial charge < -0.3 is 9.47 Å². The Bertz CT molecular complexity index is 723. The lowest BCUT2D eigenvalue weighted by molar-refractivity contribution is -0.117. The van der Waals surface area contributed by atoms with Crippen molar-refractivity contribution in [2.45, 2.75) is 19.8 Å². The van der Waals surface area contributed by atoms with Gasteiger partial charge in [-0.25, -0.2) is 9.18 Å². The molecule has 0 aliphatic rings. The van der Waals surface area contributed by atoms with Crippen molar-refractivity contribution < 1.29 is 23.5 Å². The van der Waals surface area contributed by atoms with Crippen LogP contribution in [-0.4, -0.2) is 25.5 Å². The molecule has 2 aromatic rings. The number of methoxy groups -OCH3 is 1. The third kappa shape index (κ3) is 4.65. The summed E-state index contributed by atoms with van der Waals surface area (Å²) < 4.78 is 23.2. The van der Waals surface area contributed by atoms with Crippen LogP contribution in [0.5, 0.6) is 5.75 Å². The summed E-state index contributed by atoms with van der Waals surface area (Å²) in [6.07, 6.45) is 0.430. The Balaban J connectivity index is 1.98. The van der Waals surface area contributed by atoms with Crippen molar-refractivity contribution >= 4 is 11.8 Å². The van der Waals surface area contributed by atoms with Gasteiger partial charge in [0.05, 0.1) is 19.3 Å². The lowest BCUT2D eigenvalue weighted by atomic mass is 10.0. The quantitative estimate of drug-likeness (QED) is 0.731. The smallest absolute Gasteiger partial charge is 0.338 e. The molecule has 0 N–H and O–H groups in total. The van der Waals surface area contributed by atoms with Gasteiger partial charge in [0.2, 0.25) is 0 Å². The molecule has 0 fully saturated rings. The summed E-state index contributed by atoms with van der Waals surface area (Å²) in [5.41, 5.74) is 1.96. The fourth-order valence-corrected chi connectivity index (χ4v) is 2.31. The Morgan fingerprint density at radius 2 is 1.62 bits per heavy atom. The van der Waals surface area contributed by atoms with E-state index in [0.29, 0.717) is 17.7 Å². The summed E-state index contributed by atoms with van der Waals surface area (Å²) in [5, 5.41) is 0. The molecule has 2 rings (SSSR count). The number of hydrogen-bond acceptors (Lipinski definition) is 4. The molecule has 2 aromatic carbocycles. The number of ether oxygens (including phenoxy) is 2. The Morgan fingerprint density at radius 1 is 1.00 bits per heavy atom. The number of Topliss-reactive ketones (excluding diaryl/α,β-unsaturated/α-hetero) is 1. The van der Waals surface area contributed by atoms with Crippen LogP contribution in [0.1, 0.15) is 28.4 Å². The number of ketones is 1. The van der Waals surface area contributed by atoms with Crippen LogP contribution in [-0.2, 0) is 22.4 Å². The van der Waals surface area contributed by atoms with Crippen molar-refractivity contribution in [1.29, 1.82) is 0 Å². The summed E-state index contributed by atoms with van der Waals surface area (Å²) in [4.78, 5) is 23.7. The number of hydrogen-bond donors (Lipinski definition) is 0. The van der Waals surface area contributed by atoms with Crippen molar-refractivity contribution in [3.63, 3.8) is 0 Å². The number of carbonyl (C=O) groups is 2. The Kier molecular flexibility index (Phi) is 6.07. The highest BCUT2D eigenvalue weighted by Crippen LogP contribution is 2.19. The van der Waals surface area contributed by atoms with Crippen LogP contribution in [0.2, 0.25) is 0 Å². The van der Waals surface area contributed by atoms with Gasteiger partial charge in [-0.2, -0.15) is 0 Å². The second-order valence-corrected chi connectivity index (χ2v) is 5.28. The molecule has 0 radical (unpaired) electrons. The lowest BCUT2D eigenvalue weighted by Crippen LogP contribution is -2.08. The fraction of sp³-hybridized carbons (Fsp3) is 0.263. The minimum Gasteiger partial charge on any atom is -0.494 e. The monoisotopic (exact) mass is 330 g/mol. The van der Waals surface area contributed by atoms with Gasteiger partial charge in [-0.1, -0.05) is 18.2 Å². The Morgan fingerprint density at radius 3 is 2.25 bits per heavy atom. The molecule has 0 atom stereocenters. The van der Waals surface area contributed by atoms with Gasteiger partial charge in [-0.3, -0.25) is 4.79 Å². The van der Waals surface area contributed by atoms with E-state index in [1.807, 2.05) is 0 Å². The van der Waals surface area contributed by atoms with Gasteiger partial charge in [0.25, 0.3) is 0 Å². The van der Waals surface area contributed by atoms with Crippen LogP contribution in [0.15, 0.2) is 42.5 Å². The van der Waals surface area contributed by atoms with E-state index in [1.165, 1.54) is 19.2 Å². The molecular weight excluding hydrogens is 311 g/mol. The molecule has 126 valence electrons. The van der Waals surface area contributed by atoms with Crippen LogP contribution < -0.4 is 4.74 Å². The third-order valence-electron chi connectivity index (χ3n) is 3.48. The summed E-state index contributed by atoms with van der Waals surface area (Å²) in [7, 11) is 1.38. The zero-order chi connectivity index (χ0) is 17.5. The largest absolute Gasteiger partial charge is 0.494 e. The zero-order valence-corrected chi connectivity index (χ0v) is 13.7. The molecule has 0 aromatic heterocycles. The highest BCUT2D eigenvalue weighted by molar-refractivity contribution is 5.89. The van der Waals surface area contributed by atoms with Crippen molar-refractivity contribution in [1.82, 2.24) is 0 Å². The van der Waals surface area contributed by atoms with E-state index in [-0.39, 0.29) is 30.3 Å². The van der Waals surface area contributed by atoms with E-state index in [9.17, 15) is 14.0 Å². The van der Waals surface area contributed by atoms with E-state index in [0.717, 1.165) is 5.56 Å². The van der Waals surface area contributed by atoms with Crippen LogP contribution in [0, 0.1) is 5.82 Å². The first-order valence-electron chi connectivity index (χ1n) is 7.63. The molecule has 0 unspecified atom stereocenters. The van der Waals surface area contributed by atoms with Crippen LogP contribution in [0.25, 0.3) is 0 Å². The minimum atomic E-state index is -0.455. The lowest BCUT2D eigenvalue weighted by Gasteiger charge is -2.06. The molecular formula is C19H19FO4. The number of benzene rings is 2. The van der Waals surface area contributed by atoms with Gasteiger partial charge >= 0.3 is 5.97 Å². The molecule has 0 saturated heterocycles. The summed E-state index contributed by atoms with van der Waals surface area (Å²) >= 11 is 0. The molecule has 4 nitrogen and oxygen atoms in total. The molecule has 0 spiro atoms. The molecule has 0 aliphatic carbocycles. The average molecular weight is 330 g/mol. The van der Waals surface area contributed by atoms with E-state index in [2.05, 4.69) is 0 Å². The van der Waals surface area contributed by atoms with E-state index >= 15 is 0 Å². The predicted octanol–water partition coefficient (Wildman–Crippen LogP) is 3.37. The molecule has 24 heavy (non-hydrogen) atoms.